The first kappa shape index (κ1) is 18.0. The molecule has 4 rings (SSSR count). The number of hydrogen-bond donors (Lipinski definition) is 0. The second kappa shape index (κ2) is 7.32. The molecule has 140 valence electrons. The fourth-order valence-corrected chi connectivity index (χ4v) is 4.08. The smallest absolute Gasteiger partial charge is 0.0759 e. The first-order chi connectivity index (χ1) is 13.0. The standard InChI is InChI=1S/C24H29N3/c1-24(2,3)21-9-7-20(8-10-21)23-22-6-4-15-26(22)16-5-17-27(23)18-19-11-13-25-14-12-19/h4,6-15,23H,5,16-18H2,1-3H3/t23-/m0/s1. The zero-order valence-corrected chi connectivity index (χ0v) is 16.6. The maximum atomic E-state index is 4.17. The molecule has 27 heavy (non-hydrogen) atoms. The molecule has 3 aromatic rings. The van der Waals surface area contributed by atoms with Crippen LogP contribution in [0.4, 0.5) is 0 Å². The predicted octanol–water partition coefficient (Wildman–Crippen LogP) is 5.18. The minimum atomic E-state index is 0.179. The van der Waals surface area contributed by atoms with E-state index in [1.54, 1.807) is 0 Å². The molecule has 0 radical (unpaired) electrons. The number of pyridine rings is 1. The van der Waals surface area contributed by atoms with E-state index in [4.69, 9.17) is 0 Å². The SMILES string of the molecule is CC(C)(C)c1ccc([C@H]2c3cccn3CCCN2Cc2ccncc2)cc1. The summed E-state index contributed by atoms with van der Waals surface area (Å²) in [6, 6.07) is 18.3. The molecule has 0 amide bonds. The minimum absolute atomic E-state index is 0.179. The Bertz CT molecular complexity index is 872. The van der Waals surface area contributed by atoms with Crippen LogP contribution in [0.2, 0.25) is 0 Å². The number of fused-ring (bicyclic) bond motifs is 1. The van der Waals surface area contributed by atoms with Crippen LogP contribution in [0, 0.1) is 0 Å². The summed E-state index contributed by atoms with van der Waals surface area (Å²) >= 11 is 0. The molecule has 3 nitrogen and oxygen atoms in total. The van der Waals surface area contributed by atoms with Gasteiger partial charge in [0.1, 0.15) is 0 Å². The van der Waals surface area contributed by atoms with Gasteiger partial charge in [-0.05, 0) is 52.8 Å². The highest BCUT2D eigenvalue weighted by Crippen LogP contribution is 2.34. The van der Waals surface area contributed by atoms with Gasteiger partial charge in [-0.2, -0.15) is 0 Å². The van der Waals surface area contributed by atoms with Crippen LogP contribution in [-0.4, -0.2) is 21.0 Å². The van der Waals surface area contributed by atoms with Gasteiger partial charge in [0.2, 0.25) is 0 Å². The molecule has 0 saturated carbocycles. The highest BCUT2D eigenvalue weighted by atomic mass is 15.2. The zero-order chi connectivity index (χ0) is 18.9. The lowest BCUT2D eigenvalue weighted by molar-refractivity contribution is 0.220. The first-order valence-electron chi connectivity index (χ1n) is 9.91. The Kier molecular flexibility index (Phi) is 4.88. The van der Waals surface area contributed by atoms with E-state index in [-0.39, 0.29) is 11.5 Å². The maximum absolute atomic E-state index is 4.17. The van der Waals surface area contributed by atoms with E-state index < -0.39 is 0 Å². The Morgan fingerprint density at radius 3 is 2.41 bits per heavy atom. The van der Waals surface area contributed by atoms with Gasteiger partial charge < -0.3 is 4.57 Å². The van der Waals surface area contributed by atoms with E-state index in [0.29, 0.717) is 0 Å². The van der Waals surface area contributed by atoms with Gasteiger partial charge in [-0.25, -0.2) is 0 Å². The number of aryl methyl sites for hydroxylation is 1. The van der Waals surface area contributed by atoms with Gasteiger partial charge >= 0.3 is 0 Å². The fraction of sp³-hybridized carbons (Fsp3) is 0.375. The number of hydrogen-bond acceptors (Lipinski definition) is 2. The quantitative estimate of drug-likeness (QED) is 0.643. The Labute approximate surface area is 162 Å². The summed E-state index contributed by atoms with van der Waals surface area (Å²) in [4.78, 5) is 6.78. The Morgan fingerprint density at radius 1 is 0.963 bits per heavy atom. The van der Waals surface area contributed by atoms with Gasteiger partial charge in [0.05, 0.1) is 6.04 Å². The van der Waals surface area contributed by atoms with Crippen molar-refractivity contribution in [2.24, 2.45) is 0 Å². The van der Waals surface area contributed by atoms with Crippen LogP contribution in [0.3, 0.4) is 0 Å². The fourth-order valence-electron chi connectivity index (χ4n) is 4.08. The molecule has 3 heteroatoms. The van der Waals surface area contributed by atoms with Crippen LogP contribution in [0.25, 0.3) is 0 Å². The molecule has 1 atom stereocenters. The van der Waals surface area contributed by atoms with E-state index in [9.17, 15) is 0 Å². The van der Waals surface area contributed by atoms with E-state index in [0.717, 1.165) is 19.6 Å². The highest BCUT2D eigenvalue weighted by molar-refractivity contribution is 5.34. The number of rotatable bonds is 3. The molecule has 1 aliphatic heterocycles. The van der Waals surface area contributed by atoms with Crippen LogP contribution in [0.15, 0.2) is 67.1 Å². The van der Waals surface area contributed by atoms with Crippen molar-refractivity contribution in [3.05, 3.63) is 89.5 Å². The molecule has 0 aliphatic carbocycles. The van der Waals surface area contributed by atoms with Crippen molar-refractivity contribution in [2.45, 2.75) is 51.7 Å². The topological polar surface area (TPSA) is 21.1 Å². The number of aromatic nitrogens is 2. The van der Waals surface area contributed by atoms with Crippen LogP contribution in [0.5, 0.6) is 0 Å². The highest BCUT2D eigenvalue weighted by Gasteiger charge is 2.27. The lowest BCUT2D eigenvalue weighted by atomic mass is 9.86. The van der Waals surface area contributed by atoms with Gasteiger partial charge in [0, 0.05) is 43.9 Å². The lowest BCUT2D eigenvalue weighted by Crippen LogP contribution is -2.29. The lowest BCUT2D eigenvalue weighted by Gasteiger charge is -2.31. The van der Waals surface area contributed by atoms with E-state index in [1.807, 2.05) is 12.4 Å². The van der Waals surface area contributed by atoms with Crippen molar-refractivity contribution in [3.63, 3.8) is 0 Å². The second-order valence-electron chi connectivity index (χ2n) is 8.58. The van der Waals surface area contributed by atoms with E-state index in [1.165, 1.54) is 28.8 Å². The largest absolute Gasteiger partial charge is 0.350 e. The molecule has 1 aromatic carbocycles. The summed E-state index contributed by atoms with van der Waals surface area (Å²) in [6.45, 7) is 9.94. The van der Waals surface area contributed by atoms with Gasteiger partial charge in [0.25, 0.3) is 0 Å². The average Bonchev–Trinajstić information content (AvgIpc) is 3.04. The summed E-state index contributed by atoms with van der Waals surface area (Å²) in [6.07, 6.45) is 7.18. The summed E-state index contributed by atoms with van der Waals surface area (Å²) in [5.41, 5.74) is 5.65. The van der Waals surface area contributed by atoms with Gasteiger partial charge in [-0.1, -0.05) is 45.0 Å². The van der Waals surface area contributed by atoms with Crippen molar-refractivity contribution in [3.8, 4) is 0 Å². The Hall–Kier alpha value is -2.39. The first-order valence-corrected chi connectivity index (χ1v) is 9.91. The van der Waals surface area contributed by atoms with E-state index >= 15 is 0 Å². The van der Waals surface area contributed by atoms with Crippen LogP contribution in [-0.2, 0) is 18.5 Å². The molecule has 0 spiro atoms. The molecule has 0 saturated heterocycles. The molecule has 3 heterocycles. The third-order valence-corrected chi connectivity index (χ3v) is 5.58. The summed E-state index contributed by atoms with van der Waals surface area (Å²) < 4.78 is 2.43. The molecule has 0 unspecified atom stereocenters. The number of nitrogens with zero attached hydrogens (tertiary/aromatic N) is 3. The van der Waals surface area contributed by atoms with Crippen LogP contribution >= 0.6 is 0 Å². The van der Waals surface area contributed by atoms with Crippen molar-refractivity contribution < 1.29 is 0 Å². The normalized spacial score (nSPS) is 18.1. The van der Waals surface area contributed by atoms with E-state index in [2.05, 4.69) is 89.9 Å². The van der Waals surface area contributed by atoms with Gasteiger partial charge in [-0.3, -0.25) is 9.88 Å². The molecule has 0 fully saturated rings. The predicted molar refractivity (Wildman–Crippen MR) is 111 cm³/mol. The third-order valence-electron chi connectivity index (χ3n) is 5.58. The van der Waals surface area contributed by atoms with Crippen molar-refractivity contribution in [1.29, 1.82) is 0 Å². The summed E-state index contributed by atoms with van der Waals surface area (Å²) in [5, 5.41) is 0. The molecule has 1 aliphatic rings. The van der Waals surface area contributed by atoms with Gasteiger partial charge in [0.15, 0.2) is 0 Å². The molecular weight excluding hydrogens is 330 g/mol. The van der Waals surface area contributed by atoms with Crippen LogP contribution in [0.1, 0.15) is 55.6 Å². The Balaban J connectivity index is 1.72. The Morgan fingerprint density at radius 2 is 1.70 bits per heavy atom. The van der Waals surface area contributed by atoms with Gasteiger partial charge in [-0.15, -0.1) is 0 Å². The molecule has 0 bridgehead atoms. The monoisotopic (exact) mass is 359 g/mol. The maximum Gasteiger partial charge on any atom is 0.0759 e. The molecule has 2 aromatic heterocycles. The molecule has 0 N–H and O–H groups in total. The average molecular weight is 360 g/mol. The van der Waals surface area contributed by atoms with Crippen LogP contribution < -0.4 is 0 Å². The molecular formula is C24H29N3. The summed E-state index contributed by atoms with van der Waals surface area (Å²) in [5.74, 6) is 0. The van der Waals surface area contributed by atoms with Crippen molar-refractivity contribution in [2.75, 3.05) is 6.54 Å². The summed E-state index contributed by atoms with van der Waals surface area (Å²) in [7, 11) is 0. The van der Waals surface area contributed by atoms with Crippen molar-refractivity contribution in [1.82, 2.24) is 14.5 Å². The third kappa shape index (κ3) is 3.84. The second-order valence-corrected chi connectivity index (χ2v) is 8.58. The zero-order valence-electron chi connectivity index (χ0n) is 16.6. The minimum Gasteiger partial charge on any atom is -0.350 e. The number of benzene rings is 1. The van der Waals surface area contributed by atoms with Crippen molar-refractivity contribution >= 4 is 0 Å².